The number of benzene rings is 1. The molecule has 0 aliphatic heterocycles. The molecule has 0 amide bonds. The molecule has 1 aliphatic carbocycles. The minimum atomic E-state index is 0.735. The predicted molar refractivity (Wildman–Crippen MR) is 85.0 cm³/mol. The summed E-state index contributed by atoms with van der Waals surface area (Å²) in [6.07, 6.45) is 5.49. The van der Waals surface area contributed by atoms with Crippen LogP contribution in [0.2, 0.25) is 0 Å². The Morgan fingerprint density at radius 2 is 1.86 bits per heavy atom. The first kappa shape index (κ1) is 14.4. The molecular formula is C18H24N2O. The van der Waals surface area contributed by atoms with Crippen LogP contribution in [-0.2, 0) is 19.5 Å². The standard InChI is InChI=1S/C18H24N2O/c1-19-11-10-15-4-6-16(7-5-15)13-20(17-8-9-17)14-18-3-2-12-21-18/h2-7,12,17,19H,8-11,13-14H2,1H3. The Balaban J connectivity index is 1.60. The molecule has 0 bridgehead atoms. The number of hydrogen-bond acceptors (Lipinski definition) is 3. The van der Waals surface area contributed by atoms with Gasteiger partial charge in [-0.3, -0.25) is 4.90 Å². The van der Waals surface area contributed by atoms with Gasteiger partial charge in [-0.05, 0) is 56.1 Å². The van der Waals surface area contributed by atoms with Crippen molar-refractivity contribution in [2.45, 2.75) is 38.4 Å². The van der Waals surface area contributed by atoms with Crippen LogP contribution in [0.25, 0.3) is 0 Å². The predicted octanol–water partition coefficient (Wildman–Crippen LogP) is 3.21. The van der Waals surface area contributed by atoms with Crippen LogP contribution in [-0.4, -0.2) is 24.5 Å². The zero-order valence-corrected chi connectivity index (χ0v) is 12.7. The lowest BCUT2D eigenvalue weighted by molar-refractivity contribution is 0.225. The fourth-order valence-electron chi connectivity index (χ4n) is 2.67. The highest BCUT2D eigenvalue weighted by molar-refractivity contribution is 5.23. The van der Waals surface area contributed by atoms with Gasteiger partial charge in [0, 0.05) is 12.6 Å². The van der Waals surface area contributed by atoms with Crippen LogP contribution in [0.4, 0.5) is 0 Å². The Bertz CT molecular complexity index is 529. The summed E-state index contributed by atoms with van der Waals surface area (Å²) in [5.74, 6) is 1.06. The summed E-state index contributed by atoms with van der Waals surface area (Å²) < 4.78 is 5.49. The van der Waals surface area contributed by atoms with Crippen molar-refractivity contribution in [3.05, 3.63) is 59.5 Å². The molecule has 1 aromatic heterocycles. The summed E-state index contributed by atoms with van der Waals surface area (Å²) in [7, 11) is 2.00. The lowest BCUT2D eigenvalue weighted by Crippen LogP contribution is -2.24. The van der Waals surface area contributed by atoms with Gasteiger partial charge in [-0.15, -0.1) is 0 Å². The number of likely N-dealkylation sites (N-methyl/N-ethyl adjacent to an activating group) is 1. The maximum Gasteiger partial charge on any atom is 0.117 e. The van der Waals surface area contributed by atoms with Crippen molar-refractivity contribution in [3.63, 3.8) is 0 Å². The Morgan fingerprint density at radius 3 is 2.48 bits per heavy atom. The van der Waals surface area contributed by atoms with Crippen molar-refractivity contribution in [3.8, 4) is 0 Å². The summed E-state index contributed by atoms with van der Waals surface area (Å²) in [5.41, 5.74) is 2.79. The van der Waals surface area contributed by atoms with E-state index in [0.29, 0.717) is 0 Å². The molecule has 1 aliphatic rings. The molecule has 2 aromatic rings. The topological polar surface area (TPSA) is 28.4 Å². The third-order valence-electron chi connectivity index (χ3n) is 4.07. The molecule has 0 atom stereocenters. The molecule has 112 valence electrons. The Labute approximate surface area is 127 Å². The second kappa shape index (κ2) is 6.92. The maximum atomic E-state index is 5.49. The van der Waals surface area contributed by atoms with Crippen LogP contribution >= 0.6 is 0 Å². The van der Waals surface area contributed by atoms with Crippen LogP contribution in [0.15, 0.2) is 47.1 Å². The first-order valence-electron chi connectivity index (χ1n) is 7.84. The Kier molecular flexibility index (Phi) is 4.73. The summed E-state index contributed by atoms with van der Waals surface area (Å²) in [5, 5.41) is 3.19. The van der Waals surface area contributed by atoms with Gasteiger partial charge in [0.05, 0.1) is 12.8 Å². The normalized spacial score (nSPS) is 14.8. The maximum absolute atomic E-state index is 5.49. The molecule has 21 heavy (non-hydrogen) atoms. The molecule has 0 saturated heterocycles. The van der Waals surface area contributed by atoms with E-state index in [1.807, 2.05) is 13.1 Å². The molecule has 1 N–H and O–H groups in total. The van der Waals surface area contributed by atoms with Crippen LogP contribution < -0.4 is 5.32 Å². The Hall–Kier alpha value is -1.58. The molecule has 3 heteroatoms. The van der Waals surface area contributed by atoms with Crippen molar-refractivity contribution < 1.29 is 4.42 Å². The summed E-state index contributed by atoms with van der Waals surface area (Å²) in [6.45, 7) is 2.96. The molecule has 1 saturated carbocycles. The van der Waals surface area contributed by atoms with Gasteiger partial charge in [0.25, 0.3) is 0 Å². The molecular weight excluding hydrogens is 260 g/mol. The van der Waals surface area contributed by atoms with Crippen LogP contribution in [0.5, 0.6) is 0 Å². The molecule has 1 aromatic carbocycles. The quantitative estimate of drug-likeness (QED) is 0.807. The monoisotopic (exact) mass is 284 g/mol. The van der Waals surface area contributed by atoms with E-state index in [0.717, 1.165) is 37.9 Å². The highest BCUT2D eigenvalue weighted by Crippen LogP contribution is 2.30. The molecule has 3 rings (SSSR count). The minimum absolute atomic E-state index is 0.735. The van der Waals surface area contributed by atoms with E-state index in [-0.39, 0.29) is 0 Å². The first-order chi connectivity index (χ1) is 10.3. The lowest BCUT2D eigenvalue weighted by Gasteiger charge is -2.21. The van der Waals surface area contributed by atoms with Crippen molar-refractivity contribution >= 4 is 0 Å². The summed E-state index contributed by atoms with van der Waals surface area (Å²) >= 11 is 0. The second-order valence-electron chi connectivity index (χ2n) is 5.89. The first-order valence-corrected chi connectivity index (χ1v) is 7.84. The molecule has 0 unspecified atom stereocenters. The van der Waals surface area contributed by atoms with E-state index in [4.69, 9.17) is 4.42 Å². The van der Waals surface area contributed by atoms with Gasteiger partial charge in [0.2, 0.25) is 0 Å². The molecule has 0 spiro atoms. The fourth-order valence-corrected chi connectivity index (χ4v) is 2.67. The highest BCUT2D eigenvalue weighted by Gasteiger charge is 2.29. The number of nitrogens with zero attached hydrogens (tertiary/aromatic N) is 1. The number of hydrogen-bond donors (Lipinski definition) is 1. The van der Waals surface area contributed by atoms with Crippen LogP contribution in [0, 0.1) is 0 Å². The van der Waals surface area contributed by atoms with Crippen LogP contribution in [0.3, 0.4) is 0 Å². The number of rotatable bonds is 8. The SMILES string of the molecule is CNCCc1ccc(CN(Cc2ccco2)C2CC2)cc1. The van der Waals surface area contributed by atoms with Gasteiger partial charge >= 0.3 is 0 Å². The van der Waals surface area contributed by atoms with E-state index >= 15 is 0 Å². The number of nitrogens with one attached hydrogen (secondary N) is 1. The molecule has 1 heterocycles. The average Bonchev–Trinajstić information content (AvgIpc) is 3.24. The average molecular weight is 284 g/mol. The van der Waals surface area contributed by atoms with Crippen molar-refractivity contribution in [2.75, 3.05) is 13.6 Å². The van der Waals surface area contributed by atoms with Crippen molar-refractivity contribution in [1.82, 2.24) is 10.2 Å². The fraction of sp³-hybridized carbons (Fsp3) is 0.444. The van der Waals surface area contributed by atoms with Gasteiger partial charge < -0.3 is 9.73 Å². The van der Waals surface area contributed by atoms with Gasteiger partial charge in [-0.2, -0.15) is 0 Å². The zero-order chi connectivity index (χ0) is 14.5. The smallest absolute Gasteiger partial charge is 0.117 e. The van der Waals surface area contributed by atoms with E-state index in [1.54, 1.807) is 6.26 Å². The summed E-state index contributed by atoms with van der Waals surface area (Å²) in [4.78, 5) is 2.53. The van der Waals surface area contributed by atoms with Gasteiger partial charge in [0.1, 0.15) is 5.76 Å². The van der Waals surface area contributed by atoms with Gasteiger partial charge in [0.15, 0.2) is 0 Å². The van der Waals surface area contributed by atoms with Gasteiger partial charge in [-0.1, -0.05) is 24.3 Å². The zero-order valence-electron chi connectivity index (χ0n) is 12.7. The molecule has 0 radical (unpaired) electrons. The Morgan fingerprint density at radius 1 is 1.10 bits per heavy atom. The number of furan rings is 1. The second-order valence-corrected chi connectivity index (χ2v) is 5.89. The van der Waals surface area contributed by atoms with Gasteiger partial charge in [-0.25, -0.2) is 0 Å². The molecule has 3 nitrogen and oxygen atoms in total. The molecule has 1 fully saturated rings. The van der Waals surface area contributed by atoms with Crippen LogP contribution in [0.1, 0.15) is 29.7 Å². The minimum Gasteiger partial charge on any atom is -0.468 e. The van der Waals surface area contributed by atoms with E-state index in [9.17, 15) is 0 Å². The van der Waals surface area contributed by atoms with Crippen molar-refractivity contribution in [2.24, 2.45) is 0 Å². The van der Waals surface area contributed by atoms with E-state index in [1.165, 1.54) is 24.0 Å². The largest absolute Gasteiger partial charge is 0.468 e. The third-order valence-corrected chi connectivity index (χ3v) is 4.07. The summed E-state index contributed by atoms with van der Waals surface area (Å²) in [6, 6.07) is 13.8. The van der Waals surface area contributed by atoms with Crippen molar-refractivity contribution in [1.29, 1.82) is 0 Å². The van der Waals surface area contributed by atoms with E-state index < -0.39 is 0 Å². The highest BCUT2D eigenvalue weighted by atomic mass is 16.3. The third kappa shape index (κ3) is 4.19. The lowest BCUT2D eigenvalue weighted by atomic mass is 10.1. The van der Waals surface area contributed by atoms with E-state index in [2.05, 4.69) is 40.5 Å².